The highest BCUT2D eigenvalue weighted by atomic mass is 15.3. The molecule has 0 fully saturated rings. The third-order valence-electron chi connectivity index (χ3n) is 1.87. The Labute approximate surface area is 77.0 Å². The molecule has 2 aromatic rings. The highest BCUT2D eigenvalue weighted by molar-refractivity contribution is 5.55. The molecule has 0 aliphatic heterocycles. The Bertz CT molecular complexity index is 378. The van der Waals surface area contributed by atoms with Gasteiger partial charge >= 0.3 is 0 Å². The SMILES string of the molecule is Cn1nccc1Nc1ccccc1. The van der Waals surface area contributed by atoms with Crippen LogP contribution in [0.2, 0.25) is 0 Å². The first-order valence-corrected chi connectivity index (χ1v) is 4.16. The molecule has 0 unspecified atom stereocenters. The van der Waals surface area contributed by atoms with Crippen LogP contribution in [0, 0.1) is 0 Å². The Kier molecular flexibility index (Phi) is 2.00. The van der Waals surface area contributed by atoms with E-state index in [1.54, 1.807) is 10.9 Å². The summed E-state index contributed by atoms with van der Waals surface area (Å²) < 4.78 is 1.80. The summed E-state index contributed by atoms with van der Waals surface area (Å²) in [6.07, 6.45) is 1.77. The van der Waals surface area contributed by atoms with E-state index in [4.69, 9.17) is 0 Å². The summed E-state index contributed by atoms with van der Waals surface area (Å²) in [4.78, 5) is 0. The Hall–Kier alpha value is -1.77. The molecule has 66 valence electrons. The van der Waals surface area contributed by atoms with Crippen LogP contribution >= 0.6 is 0 Å². The summed E-state index contributed by atoms with van der Waals surface area (Å²) in [5.74, 6) is 0.992. The number of rotatable bonds is 2. The van der Waals surface area contributed by atoms with Gasteiger partial charge < -0.3 is 5.32 Å². The lowest BCUT2D eigenvalue weighted by Crippen LogP contribution is -1.98. The first-order chi connectivity index (χ1) is 6.36. The zero-order valence-corrected chi connectivity index (χ0v) is 7.44. The van der Waals surface area contributed by atoms with Gasteiger partial charge in [0, 0.05) is 18.8 Å². The number of nitrogens with one attached hydrogen (secondary N) is 1. The van der Waals surface area contributed by atoms with Gasteiger partial charge in [-0.2, -0.15) is 5.10 Å². The van der Waals surface area contributed by atoms with Gasteiger partial charge in [0.25, 0.3) is 0 Å². The third-order valence-corrected chi connectivity index (χ3v) is 1.87. The molecule has 1 aromatic carbocycles. The number of hydrogen-bond donors (Lipinski definition) is 1. The second kappa shape index (κ2) is 3.31. The van der Waals surface area contributed by atoms with Crippen molar-refractivity contribution in [3.05, 3.63) is 42.6 Å². The van der Waals surface area contributed by atoms with Crippen LogP contribution in [0.5, 0.6) is 0 Å². The Morgan fingerprint density at radius 2 is 1.92 bits per heavy atom. The predicted molar refractivity (Wildman–Crippen MR) is 52.9 cm³/mol. The van der Waals surface area contributed by atoms with Crippen molar-refractivity contribution in [1.29, 1.82) is 0 Å². The molecule has 1 heterocycles. The molecule has 3 nitrogen and oxygen atoms in total. The van der Waals surface area contributed by atoms with Crippen molar-refractivity contribution in [3.63, 3.8) is 0 Å². The van der Waals surface area contributed by atoms with Gasteiger partial charge in [0.05, 0.1) is 6.20 Å². The van der Waals surface area contributed by atoms with Gasteiger partial charge in [0.15, 0.2) is 0 Å². The topological polar surface area (TPSA) is 29.9 Å². The quantitative estimate of drug-likeness (QED) is 0.754. The molecule has 13 heavy (non-hydrogen) atoms. The van der Waals surface area contributed by atoms with Crippen LogP contribution in [0.4, 0.5) is 11.5 Å². The fourth-order valence-electron chi connectivity index (χ4n) is 1.17. The number of hydrogen-bond acceptors (Lipinski definition) is 2. The Balaban J connectivity index is 2.20. The molecule has 0 bridgehead atoms. The van der Waals surface area contributed by atoms with Crippen LogP contribution in [0.15, 0.2) is 42.6 Å². The smallest absolute Gasteiger partial charge is 0.128 e. The Morgan fingerprint density at radius 3 is 2.54 bits per heavy atom. The lowest BCUT2D eigenvalue weighted by Gasteiger charge is -2.04. The van der Waals surface area contributed by atoms with Crippen molar-refractivity contribution in [2.24, 2.45) is 7.05 Å². The average molecular weight is 173 g/mol. The van der Waals surface area contributed by atoms with E-state index < -0.39 is 0 Å². The second-order valence-electron chi connectivity index (χ2n) is 2.83. The minimum Gasteiger partial charge on any atom is -0.340 e. The van der Waals surface area contributed by atoms with Crippen LogP contribution in [0.25, 0.3) is 0 Å². The molecule has 0 spiro atoms. The van der Waals surface area contributed by atoms with E-state index in [-0.39, 0.29) is 0 Å². The molecule has 0 aliphatic carbocycles. The van der Waals surface area contributed by atoms with Crippen molar-refractivity contribution in [3.8, 4) is 0 Å². The van der Waals surface area contributed by atoms with Crippen molar-refractivity contribution >= 4 is 11.5 Å². The minimum atomic E-state index is 0.992. The van der Waals surface area contributed by atoms with Crippen molar-refractivity contribution < 1.29 is 0 Å². The van der Waals surface area contributed by atoms with E-state index in [1.165, 1.54) is 0 Å². The van der Waals surface area contributed by atoms with Gasteiger partial charge in [-0.25, -0.2) is 0 Å². The van der Waals surface area contributed by atoms with E-state index in [0.29, 0.717) is 0 Å². The predicted octanol–water partition coefficient (Wildman–Crippen LogP) is 2.16. The summed E-state index contributed by atoms with van der Waals surface area (Å²) in [5, 5.41) is 7.32. The molecular weight excluding hydrogens is 162 g/mol. The van der Waals surface area contributed by atoms with Gasteiger partial charge in [-0.15, -0.1) is 0 Å². The van der Waals surface area contributed by atoms with E-state index in [2.05, 4.69) is 10.4 Å². The summed E-state index contributed by atoms with van der Waals surface area (Å²) in [6, 6.07) is 12.0. The molecular formula is C10H11N3. The number of anilines is 2. The zero-order chi connectivity index (χ0) is 9.10. The fraction of sp³-hybridized carbons (Fsp3) is 0.100. The molecule has 2 rings (SSSR count). The van der Waals surface area contributed by atoms with E-state index in [1.807, 2.05) is 43.4 Å². The van der Waals surface area contributed by atoms with Crippen molar-refractivity contribution in [2.75, 3.05) is 5.32 Å². The molecule has 1 N–H and O–H groups in total. The molecule has 0 saturated carbocycles. The summed E-state index contributed by atoms with van der Waals surface area (Å²) in [6.45, 7) is 0. The number of aromatic nitrogens is 2. The van der Waals surface area contributed by atoms with Crippen LogP contribution in [0.3, 0.4) is 0 Å². The average Bonchev–Trinajstić information content (AvgIpc) is 2.54. The highest BCUT2D eigenvalue weighted by Crippen LogP contribution is 2.13. The first-order valence-electron chi connectivity index (χ1n) is 4.16. The van der Waals surface area contributed by atoms with E-state index in [9.17, 15) is 0 Å². The third kappa shape index (κ3) is 1.69. The van der Waals surface area contributed by atoms with Crippen LogP contribution in [-0.2, 0) is 7.05 Å². The maximum absolute atomic E-state index is 4.07. The van der Waals surface area contributed by atoms with Crippen LogP contribution < -0.4 is 5.32 Å². The summed E-state index contributed by atoms with van der Waals surface area (Å²) >= 11 is 0. The molecule has 0 saturated heterocycles. The summed E-state index contributed by atoms with van der Waals surface area (Å²) in [7, 11) is 1.91. The molecule has 0 radical (unpaired) electrons. The van der Waals surface area contributed by atoms with Crippen LogP contribution in [0.1, 0.15) is 0 Å². The molecule has 1 aromatic heterocycles. The highest BCUT2D eigenvalue weighted by Gasteiger charge is 1.96. The van der Waals surface area contributed by atoms with Crippen molar-refractivity contribution in [2.45, 2.75) is 0 Å². The van der Waals surface area contributed by atoms with Crippen molar-refractivity contribution in [1.82, 2.24) is 9.78 Å². The lowest BCUT2D eigenvalue weighted by atomic mass is 10.3. The minimum absolute atomic E-state index is 0.992. The standard InChI is InChI=1S/C10H11N3/c1-13-10(7-8-11-13)12-9-5-3-2-4-6-9/h2-8,12H,1H3. The van der Waals surface area contributed by atoms with Gasteiger partial charge in [0.2, 0.25) is 0 Å². The van der Waals surface area contributed by atoms with Gasteiger partial charge in [-0.3, -0.25) is 4.68 Å². The number of para-hydroxylation sites is 1. The normalized spacial score (nSPS) is 9.92. The van der Waals surface area contributed by atoms with Gasteiger partial charge in [-0.05, 0) is 12.1 Å². The first kappa shape index (κ1) is 7.86. The maximum atomic E-state index is 4.07. The Morgan fingerprint density at radius 1 is 1.15 bits per heavy atom. The fourth-order valence-corrected chi connectivity index (χ4v) is 1.17. The zero-order valence-electron chi connectivity index (χ0n) is 7.44. The molecule has 0 aliphatic rings. The largest absolute Gasteiger partial charge is 0.340 e. The van der Waals surface area contributed by atoms with E-state index >= 15 is 0 Å². The number of nitrogens with zero attached hydrogens (tertiary/aromatic N) is 2. The number of aryl methyl sites for hydroxylation is 1. The second-order valence-corrected chi connectivity index (χ2v) is 2.83. The van der Waals surface area contributed by atoms with Gasteiger partial charge in [0.1, 0.15) is 5.82 Å². The number of benzene rings is 1. The van der Waals surface area contributed by atoms with E-state index in [0.717, 1.165) is 11.5 Å². The molecule has 0 atom stereocenters. The molecule has 0 amide bonds. The maximum Gasteiger partial charge on any atom is 0.128 e. The van der Waals surface area contributed by atoms with Gasteiger partial charge in [-0.1, -0.05) is 18.2 Å². The summed E-state index contributed by atoms with van der Waals surface area (Å²) in [5.41, 5.74) is 1.08. The van der Waals surface area contributed by atoms with Crippen LogP contribution in [-0.4, -0.2) is 9.78 Å². The monoisotopic (exact) mass is 173 g/mol. The lowest BCUT2D eigenvalue weighted by molar-refractivity contribution is 0.777. The molecule has 3 heteroatoms.